The first-order valence-electron chi connectivity index (χ1n) is 11.1. The van der Waals surface area contributed by atoms with Crippen molar-refractivity contribution < 1.29 is 9.90 Å². The van der Waals surface area contributed by atoms with Gasteiger partial charge in [0.1, 0.15) is 0 Å². The monoisotopic (exact) mass is 427 g/mol. The fraction of sp³-hybridized carbons (Fsp3) is 0.583. The molecule has 1 unspecified atom stereocenters. The molecular weight excluding hydrogens is 394 g/mol. The van der Waals surface area contributed by atoms with Crippen molar-refractivity contribution in [2.24, 2.45) is 0 Å². The van der Waals surface area contributed by atoms with Crippen LogP contribution in [0.15, 0.2) is 30.6 Å². The summed E-state index contributed by atoms with van der Waals surface area (Å²) in [7, 11) is 0. The molecule has 4 rings (SSSR count). The number of nitrogens with zero attached hydrogens (tertiary/aromatic N) is 3. The van der Waals surface area contributed by atoms with Crippen LogP contribution in [0.25, 0.3) is 0 Å². The molecule has 2 aromatic rings. The van der Waals surface area contributed by atoms with Crippen LogP contribution in [0.5, 0.6) is 0 Å². The minimum Gasteiger partial charge on any atom is -0.388 e. The van der Waals surface area contributed by atoms with Crippen molar-refractivity contribution in [2.75, 3.05) is 32.7 Å². The topological polar surface area (TPSA) is 56.7 Å². The number of β-amino-alcohol motifs (C(OH)–C–C–N with tert-alkyl or cyclic N) is 1. The van der Waals surface area contributed by atoms with Crippen LogP contribution in [0.2, 0.25) is 0 Å². The van der Waals surface area contributed by atoms with E-state index in [1.165, 1.54) is 23.3 Å². The van der Waals surface area contributed by atoms with Gasteiger partial charge in [0.15, 0.2) is 5.78 Å². The van der Waals surface area contributed by atoms with Crippen LogP contribution >= 0.6 is 11.3 Å². The minimum absolute atomic E-state index is 0.204. The fourth-order valence-corrected chi connectivity index (χ4v) is 5.93. The summed E-state index contributed by atoms with van der Waals surface area (Å²) in [5.41, 5.74) is 1.45. The van der Waals surface area contributed by atoms with E-state index in [1.807, 2.05) is 31.5 Å². The zero-order chi connectivity index (χ0) is 21.1. The molecule has 2 aliphatic rings. The number of pyridine rings is 1. The summed E-state index contributed by atoms with van der Waals surface area (Å²) in [5, 5.41) is 11.3. The lowest BCUT2D eigenvalue weighted by molar-refractivity contribution is -0.0574. The molecule has 0 spiro atoms. The van der Waals surface area contributed by atoms with Crippen molar-refractivity contribution in [3.8, 4) is 0 Å². The number of hydrogen-bond acceptors (Lipinski definition) is 6. The molecule has 2 fully saturated rings. The van der Waals surface area contributed by atoms with Gasteiger partial charge in [-0.05, 0) is 63.8 Å². The molecule has 0 amide bonds. The van der Waals surface area contributed by atoms with Crippen LogP contribution in [-0.4, -0.2) is 64.0 Å². The van der Waals surface area contributed by atoms with Crippen molar-refractivity contribution in [1.82, 2.24) is 14.8 Å². The number of piperidine rings is 2. The highest BCUT2D eigenvalue weighted by atomic mass is 32.1. The first kappa shape index (κ1) is 21.6. The molecule has 0 aliphatic carbocycles. The lowest BCUT2D eigenvalue weighted by atomic mass is 9.88. The molecule has 1 N–H and O–H groups in total. The summed E-state index contributed by atoms with van der Waals surface area (Å²) >= 11 is 1.69. The zero-order valence-corrected chi connectivity index (χ0v) is 19.0. The summed E-state index contributed by atoms with van der Waals surface area (Å²) in [4.78, 5) is 24.0. The van der Waals surface area contributed by atoms with Crippen molar-refractivity contribution in [3.05, 3.63) is 51.5 Å². The predicted octanol–water partition coefficient (Wildman–Crippen LogP) is 4.00. The SMILES string of the molecule is Cc1cc(C(=O)CN2CCC(O)(CN3CCCCC3c3cccnc3)CC2)c(C)s1. The molecular formula is C24H33N3O2S. The number of carbonyl (C=O) groups is 1. The van der Waals surface area contributed by atoms with E-state index in [9.17, 15) is 9.90 Å². The Morgan fingerprint density at radius 1 is 1.27 bits per heavy atom. The van der Waals surface area contributed by atoms with Gasteiger partial charge in [0.2, 0.25) is 0 Å². The predicted molar refractivity (Wildman–Crippen MR) is 121 cm³/mol. The van der Waals surface area contributed by atoms with Gasteiger partial charge in [0.25, 0.3) is 0 Å². The molecule has 2 aliphatic heterocycles. The molecule has 6 heteroatoms. The Bertz CT molecular complexity index is 859. The zero-order valence-electron chi connectivity index (χ0n) is 18.1. The highest BCUT2D eigenvalue weighted by Gasteiger charge is 2.37. The Hall–Kier alpha value is -1.60. The van der Waals surface area contributed by atoms with Gasteiger partial charge in [0.05, 0.1) is 12.1 Å². The number of rotatable bonds is 6. The Labute approximate surface area is 183 Å². The maximum atomic E-state index is 12.7. The smallest absolute Gasteiger partial charge is 0.177 e. The largest absolute Gasteiger partial charge is 0.388 e. The Morgan fingerprint density at radius 2 is 2.07 bits per heavy atom. The van der Waals surface area contributed by atoms with E-state index in [-0.39, 0.29) is 5.78 Å². The molecule has 2 saturated heterocycles. The summed E-state index contributed by atoms with van der Waals surface area (Å²) in [6.45, 7) is 7.81. The standard InChI is InChI=1S/C24H33N3O2S/c1-18-14-21(19(2)30-18)23(28)16-26-12-8-24(29,9-13-26)17-27-11-4-3-7-22(27)20-6-5-10-25-15-20/h5-6,10,14-15,22,29H,3-4,7-9,11-13,16-17H2,1-2H3. The summed E-state index contributed by atoms with van der Waals surface area (Å²) in [6, 6.07) is 6.52. The van der Waals surface area contributed by atoms with E-state index in [0.717, 1.165) is 49.3 Å². The molecule has 5 nitrogen and oxygen atoms in total. The average Bonchev–Trinajstić information content (AvgIpc) is 3.09. The van der Waals surface area contributed by atoms with Crippen molar-refractivity contribution in [2.45, 2.75) is 57.6 Å². The van der Waals surface area contributed by atoms with Gasteiger partial charge in [-0.1, -0.05) is 12.5 Å². The Kier molecular flexibility index (Phi) is 6.68. The molecule has 0 radical (unpaired) electrons. The second-order valence-corrected chi connectivity index (χ2v) is 10.5. The van der Waals surface area contributed by atoms with Crippen molar-refractivity contribution in [1.29, 1.82) is 0 Å². The van der Waals surface area contributed by atoms with E-state index >= 15 is 0 Å². The number of ketones is 1. The highest BCUT2D eigenvalue weighted by molar-refractivity contribution is 7.12. The van der Waals surface area contributed by atoms with Gasteiger partial charge in [-0.2, -0.15) is 0 Å². The maximum Gasteiger partial charge on any atom is 0.177 e. The summed E-state index contributed by atoms with van der Waals surface area (Å²) < 4.78 is 0. The van der Waals surface area contributed by atoms with E-state index in [4.69, 9.17) is 0 Å². The van der Waals surface area contributed by atoms with E-state index < -0.39 is 5.60 Å². The third-order valence-electron chi connectivity index (χ3n) is 6.68. The third kappa shape index (κ3) is 4.99. The Balaban J connectivity index is 1.34. The lowest BCUT2D eigenvalue weighted by Crippen LogP contribution is -2.53. The number of likely N-dealkylation sites (tertiary alicyclic amines) is 2. The first-order valence-corrected chi connectivity index (χ1v) is 11.9. The van der Waals surface area contributed by atoms with Gasteiger partial charge in [-0.3, -0.25) is 19.6 Å². The quantitative estimate of drug-likeness (QED) is 0.706. The number of carbonyl (C=O) groups excluding carboxylic acids is 1. The van der Waals surface area contributed by atoms with E-state index in [0.29, 0.717) is 19.1 Å². The molecule has 30 heavy (non-hydrogen) atoms. The lowest BCUT2D eigenvalue weighted by Gasteiger charge is -2.44. The second-order valence-electron chi connectivity index (χ2n) is 9.02. The molecule has 0 aromatic carbocycles. The fourth-order valence-electron chi connectivity index (χ4n) is 4.99. The molecule has 0 bridgehead atoms. The summed E-state index contributed by atoms with van der Waals surface area (Å²) in [6.07, 6.45) is 8.77. The van der Waals surface area contributed by atoms with Crippen LogP contribution in [0.1, 0.15) is 63.8 Å². The second kappa shape index (κ2) is 9.27. The van der Waals surface area contributed by atoms with Gasteiger partial charge < -0.3 is 5.11 Å². The van der Waals surface area contributed by atoms with Gasteiger partial charge >= 0.3 is 0 Å². The van der Waals surface area contributed by atoms with Crippen molar-refractivity contribution >= 4 is 17.1 Å². The number of aryl methyl sites for hydroxylation is 2. The molecule has 1 atom stereocenters. The van der Waals surface area contributed by atoms with Crippen LogP contribution in [0.3, 0.4) is 0 Å². The average molecular weight is 428 g/mol. The number of aliphatic hydroxyl groups is 1. The maximum absolute atomic E-state index is 12.7. The molecule has 162 valence electrons. The highest BCUT2D eigenvalue weighted by Crippen LogP contribution is 2.34. The molecule has 4 heterocycles. The number of thiophene rings is 1. The van der Waals surface area contributed by atoms with E-state index in [2.05, 4.69) is 27.8 Å². The van der Waals surface area contributed by atoms with Gasteiger partial charge in [-0.25, -0.2) is 0 Å². The molecule has 2 aromatic heterocycles. The van der Waals surface area contributed by atoms with Gasteiger partial charge in [-0.15, -0.1) is 11.3 Å². The normalized spacial score (nSPS) is 22.8. The van der Waals surface area contributed by atoms with Gasteiger partial charge in [0, 0.05) is 53.4 Å². The van der Waals surface area contributed by atoms with Crippen LogP contribution in [0.4, 0.5) is 0 Å². The van der Waals surface area contributed by atoms with E-state index in [1.54, 1.807) is 11.3 Å². The van der Waals surface area contributed by atoms with Crippen LogP contribution in [0, 0.1) is 13.8 Å². The number of aromatic nitrogens is 1. The third-order valence-corrected chi connectivity index (χ3v) is 7.64. The Morgan fingerprint density at radius 3 is 2.73 bits per heavy atom. The molecule has 0 saturated carbocycles. The number of hydrogen-bond donors (Lipinski definition) is 1. The summed E-state index contributed by atoms with van der Waals surface area (Å²) in [5.74, 6) is 0.204. The van der Waals surface area contributed by atoms with Crippen LogP contribution < -0.4 is 0 Å². The van der Waals surface area contributed by atoms with Crippen LogP contribution in [-0.2, 0) is 0 Å². The minimum atomic E-state index is -0.674. The van der Waals surface area contributed by atoms with Crippen molar-refractivity contribution in [3.63, 3.8) is 0 Å². The first-order chi connectivity index (χ1) is 14.4. The number of Topliss-reactive ketones (excluding diaryl/α,β-unsaturated/α-hetero) is 1.